The Hall–Kier alpha value is -3.68. The molecule has 0 spiro atoms. The second kappa shape index (κ2) is 7.86. The number of alkyl halides is 3. The quantitative estimate of drug-likeness (QED) is 0.686. The first-order valence-corrected chi connectivity index (χ1v) is 9.24. The number of amides is 3. The topological polar surface area (TPSA) is 93.4 Å². The third kappa shape index (κ3) is 4.74. The highest BCUT2D eigenvalue weighted by Gasteiger charge is 2.43. The van der Waals surface area contributed by atoms with E-state index in [0.717, 1.165) is 9.91 Å². The number of aromatic nitrogens is 2. The van der Waals surface area contributed by atoms with Crippen molar-refractivity contribution in [3.63, 3.8) is 0 Å². The molecule has 3 amide bonds. The summed E-state index contributed by atoms with van der Waals surface area (Å²) in [6, 6.07) is 9.64. The Morgan fingerprint density at radius 1 is 1.13 bits per heavy atom. The lowest BCUT2D eigenvalue weighted by Gasteiger charge is -2.36. The highest BCUT2D eigenvalue weighted by Crippen LogP contribution is 2.32. The number of hydrogen-bond acceptors (Lipinski definition) is 6. The van der Waals surface area contributed by atoms with Crippen LogP contribution in [-0.4, -0.2) is 40.0 Å². The first-order valence-electron chi connectivity index (χ1n) is 9.24. The number of nitriles is 1. The van der Waals surface area contributed by atoms with Gasteiger partial charge in [-0.2, -0.15) is 23.4 Å². The summed E-state index contributed by atoms with van der Waals surface area (Å²) in [7, 11) is 0. The van der Waals surface area contributed by atoms with Crippen LogP contribution in [0.5, 0.6) is 0 Å². The maximum Gasteiger partial charge on any atom is 0.433 e. The van der Waals surface area contributed by atoms with Crippen molar-refractivity contribution in [3.05, 3.63) is 47.9 Å². The Balaban J connectivity index is 2.08. The molecule has 2 aromatic rings. The Morgan fingerprint density at radius 3 is 2.32 bits per heavy atom. The summed E-state index contributed by atoms with van der Waals surface area (Å²) in [5.41, 5.74) is -1.47. The van der Waals surface area contributed by atoms with Crippen molar-refractivity contribution in [3.8, 4) is 6.07 Å². The molecule has 1 fully saturated rings. The second-order valence-corrected chi connectivity index (χ2v) is 8.07. The Labute approximate surface area is 176 Å². The average Bonchev–Trinajstić information content (AvgIpc) is 2.99. The molecule has 3 rings (SSSR count). The van der Waals surface area contributed by atoms with E-state index in [0.29, 0.717) is 11.8 Å². The fourth-order valence-corrected chi connectivity index (χ4v) is 3.01. The molecule has 11 heteroatoms. The van der Waals surface area contributed by atoms with Gasteiger partial charge < -0.3 is 0 Å². The van der Waals surface area contributed by atoms with Crippen LogP contribution in [0.3, 0.4) is 0 Å². The molecule has 1 aliphatic rings. The summed E-state index contributed by atoms with van der Waals surface area (Å²) >= 11 is 0. The van der Waals surface area contributed by atoms with Crippen LogP contribution < -0.4 is 9.91 Å². The number of urea groups is 1. The largest absolute Gasteiger partial charge is 0.433 e. The minimum Gasteiger partial charge on any atom is -0.272 e. The number of benzene rings is 1. The van der Waals surface area contributed by atoms with Crippen molar-refractivity contribution in [2.24, 2.45) is 5.41 Å². The van der Waals surface area contributed by atoms with Gasteiger partial charge in [-0.1, -0.05) is 39.0 Å². The predicted molar refractivity (Wildman–Crippen MR) is 105 cm³/mol. The molecule has 0 aliphatic carbocycles. The molecular weight excluding hydrogens is 413 g/mol. The zero-order valence-corrected chi connectivity index (χ0v) is 17.0. The normalized spacial score (nSPS) is 14.7. The number of carbonyl (C=O) groups is 2. The van der Waals surface area contributed by atoms with Crippen molar-refractivity contribution in [1.29, 1.82) is 5.26 Å². The van der Waals surface area contributed by atoms with Crippen molar-refractivity contribution in [1.82, 2.24) is 15.0 Å². The number of halogens is 3. The molecule has 31 heavy (non-hydrogen) atoms. The van der Waals surface area contributed by atoms with E-state index in [1.54, 1.807) is 30.3 Å². The van der Waals surface area contributed by atoms with Gasteiger partial charge in [-0.3, -0.25) is 9.80 Å². The number of hydrazine groups is 1. The fraction of sp³-hybridized carbons (Fsp3) is 0.350. The highest BCUT2D eigenvalue weighted by atomic mass is 19.4. The van der Waals surface area contributed by atoms with Gasteiger partial charge in [0.05, 0.1) is 5.69 Å². The molecule has 2 heterocycles. The summed E-state index contributed by atoms with van der Waals surface area (Å²) in [6.45, 7) is 5.10. The van der Waals surface area contributed by atoms with E-state index in [2.05, 4.69) is 9.97 Å². The van der Waals surface area contributed by atoms with E-state index < -0.39 is 41.6 Å². The van der Waals surface area contributed by atoms with Gasteiger partial charge in [-0.15, -0.1) is 0 Å². The smallest absolute Gasteiger partial charge is 0.272 e. The van der Waals surface area contributed by atoms with Crippen LogP contribution in [0, 0.1) is 16.7 Å². The summed E-state index contributed by atoms with van der Waals surface area (Å²) in [5.74, 6) is -1.53. The van der Waals surface area contributed by atoms with E-state index in [1.807, 2.05) is 20.8 Å². The van der Waals surface area contributed by atoms with Crippen LogP contribution in [0.15, 0.2) is 36.4 Å². The lowest BCUT2D eigenvalue weighted by Crippen LogP contribution is -2.49. The average molecular weight is 432 g/mol. The van der Waals surface area contributed by atoms with Crippen LogP contribution in [0.1, 0.15) is 32.3 Å². The van der Waals surface area contributed by atoms with E-state index >= 15 is 0 Å². The van der Waals surface area contributed by atoms with E-state index in [4.69, 9.17) is 5.26 Å². The third-order valence-corrected chi connectivity index (χ3v) is 4.24. The van der Waals surface area contributed by atoms with Gasteiger partial charge in [0.2, 0.25) is 5.82 Å². The molecule has 1 saturated heterocycles. The van der Waals surface area contributed by atoms with Gasteiger partial charge >= 0.3 is 12.2 Å². The van der Waals surface area contributed by atoms with Crippen LogP contribution >= 0.6 is 0 Å². The molecule has 1 aliphatic heterocycles. The number of nitrogens with zero attached hydrogens (tertiary/aromatic N) is 6. The van der Waals surface area contributed by atoms with Gasteiger partial charge in [0.1, 0.15) is 12.6 Å². The van der Waals surface area contributed by atoms with E-state index in [-0.39, 0.29) is 12.4 Å². The van der Waals surface area contributed by atoms with Gasteiger partial charge in [0, 0.05) is 12.6 Å². The number of carbonyl (C=O) groups excluding carboxylic acids is 2. The summed E-state index contributed by atoms with van der Waals surface area (Å²) in [6.07, 6.45) is -4.82. The summed E-state index contributed by atoms with van der Waals surface area (Å²) in [5, 5.41) is 11.3. The molecule has 0 bridgehead atoms. The van der Waals surface area contributed by atoms with Crippen LogP contribution in [0.25, 0.3) is 0 Å². The van der Waals surface area contributed by atoms with Gasteiger partial charge in [-0.05, 0) is 17.5 Å². The number of para-hydroxylation sites is 1. The maximum atomic E-state index is 13.3. The molecule has 0 atom stereocenters. The molecule has 8 nitrogen and oxygen atoms in total. The van der Waals surface area contributed by atoms with E-state index in [9.17, 15) is 22.8 Å². The molecule has 162 valence electrons. The Morgan fingerprint density at radius 2 is 1.77 bits per heavy atom. The minimum atomic E-state index is -4.82. The summed E-state index contributed by atoms with van der Waals surface area (Å²) in [4.78, 5) is 33.8. The zero-order valence-electron chi connectivity index (χ0n) is 17.0. The Kier molecular flexibility index (Phi) is 5.59. The zero-order chi connectivity index (χ0) is 23.0. The number of anilines is 2. The third-order valence-electron chi connectivity index (χ3n) is 4.24. The number of hydrogen-bond donors (Lipinski definition) is 0. The lowest BCUT2D eigenvalue weighted by molar-refractivity contribution is -0.141. The standard InChI is InChI=1S/C20H19F3N6O2/c1-19(2,3)12-28(16-9-14(20(21,22)23)25-15(10-24)26-16)27-11-17(30)29(18(27)31)13-7-5-4-6-8-13/h4-9H,11-12H2,1-3H3. The van der Waals surface area contributed by atoms with Crippen molar-refractivity contribution in [2.75, 3.05) is 23.0 Å². The van der Waals surface area contributed by atoms with Gasteiger partial charge in [-0.25, -0.2) is 19.7 Å². The number of rotatable bonds is 4. The maximum absolute atomic E-state index is 13.3. The predicted octanol–water partition coefficient (Wildman–Crippen LogP) is 3.60. The number of imide groups is 1. The monoisotopic (exact) mass is 432 g/mol. The van der Waals surface area contributed by atoms with Crippen molar-refractivity contribution in [2.45, 2.75) is 26.9 Å². The highest BCUT2D eigenvalue weighted by molar-refractivity contribution is 6.20. The fourth-order valence-electron chi connectivity index (χ4n) is 3.01. The first-order chi connectivity index (χ1) is 14.4. The van der Waals surface area contributed by atoms with Crippen LogP contribution in [0.2, 0.25) is 0 Å². The second-order valence-electron chi connectivity index (χ2n) is 8.07. The van der Waals surface area contributed by atoms with Crippen LogP contribution in [-0.2, 0) is 11.0 Å². The van der Waals surface area contributed by atoms with Crippen molar-refractivity contribution < 1.29 is 22.8 Å². The Bertz CT molecular complexity index is 1040. The summed E-state index contributed by atoms with van der Waals surface area (Å²) < 4.78 is 40.0. The molecule has 0 radical (unpaired) electrons. The van der Waals surface area contributed by atoms with Crippen LogP contribution in [0.4, 0.5) is 29.5 Å². The molecule has 0 saturated carbocycles. The molecule has 1 aromatic heterocycles. The van der Waals surface area contributed by atoms with Crippen molar-refractivity contribution >= 4 is 23.4 Å². The van der Waals surface area contributed by atoms with Gasteiger partial charge in [0.25, 0.3) is 5.91 Å². The van der Waals surface area contributed by atoms with E-state index in [1.165, 1.54) is 11.1 Å². The molecule has 1 aromatic carbocycles. The SMILES string of the molecule is CC(C)(C)CN(c1cc(C(F)(F)F)nc(C#N)n1)N1CC(=O)N(c2ccccc2)C1=O. The minimum absolute atomic E-state index is 0.0494. The molecule has 0 unspecified atom stereocenters. The molecule has 0 N–H and O–H groups in total. The first kappa shape index (κ1) is 22.0. The molecular formula is C20H19F3N6O2. The van der Waals surface area contributed by atoms with Gasteiger partial charge in [0.15, 0.2) is 11.5 Å². The lowest BCUT2D eigenvalue weighted by atomic mass is 9.96.